The number of nitrogens with zero attached hydrogens (tertiary/aromatic N) is 2. The molecule has 1 saturated heterocycles. The maximum atomic E-state index is 13.1. The minimum atomic E-state index is -0.245. The van der Waals surface area contributed by atoms with Gasteiger partial charge >= 0.3 is 0 Å². The molecule has 28 heavy (non-hydrogen) atoms. The summed E-state index contributed by atoms with van der Waals surface area (Å²) in [6.45, 7) is 12.5. The molecule has 1 atom stereocenters. The Balaban J connectivity index is 0.00000392. The number of nitrogens with one attached hydrogen (secondary N) is 2. The predicted octanol–water partition coefficient (Wildman–Crippen LogP) is 3.73. The molecule has 1 aliphatic heterocycles. The summed E-state index contributed by atoms with van der Waals surface area (Å²) in [6.07, 6.45) is 1.98. The number of aliphatic imine (C=N–C) groups is 1. The van der Waals surface area contributed by atoms with Crippen LogP contribution in [-0.4, -0.2) is 56.7 Å². The van der Waals surface area contributed by atoms with Crippen molar-refractivity contribution < 1.29 is 9.13 Å². The third kappa shape index (κ3) is 8.45. The molecule has 0 aromatic heterocycles. The second-order valence-electron chi connectivity index (χ2n) is 7.15. The smallest absolute Gasteiger partial charge is 0.191 e. The normalized spacial score (nSPS) is 16.9. The maximum Gasteiger partial charge on any atom is 0.191 e. The minimum absolute atomic E-state index is 0. The van der Waals surface area contributed by atoms with Gasteiger partial charge in [-0.3, -0.25) is 9.89 Å². The third-order valence-corrected chi connectivity index (χ3v) is 4.71. The number of halogens is 2. The Hall–Kier alpha value is -1.19. The van der Waals surface area contributed by atoms with Gasteiger partial charge in [-0.05, 0) is 44.4 Å². The van der Waals surface area contributed by atoms with Crippen LogP contribution in [-0.2, 0) is 4.74 Å². The summed E-state index contributed by atoms with van der Waals surface area (Å²) in [6, 6.07) is 6.81. The molecule has 1 heterocycles. The van der Waals surface area contributed by atoms with Crippen molar-refractivity contribution in [2.45, 2.75) is 38.8 Å². The van der Waals surface area contributed by atoms with E-state index in [9.17, 15) is 4.39 Å². The molecule has 2 N–H and O–H groups in total. The number of benzene rings is 1. The summed E-state index contributed by atoms with van der Waals surface area (Å²) in [7, 11) is 1.65. The van der Waals surface area contributed by atoms with Crippen LogP contribution in [0.25, 0.3) is 0 Å². The van der Waals surface area contributed by atoms with Crippen molar-refractivity contribution in [1.29, 1.82) is 0 Å². The molecule has 1 unspecified atom stereocenters. The number of ether oxygens (including phenoxy) is 1. The van der Waals surface area contributed by atoms with E-state index in [1.54, 1.807) is 19.2 Å². The van der Waals surface area contributed by atoms with Crippen LogP contribution in [0.1, 0.15) is 38.4 Å². The molecular weight excluding hydrogens is 470 g/mol. The monoisotopic (exact) mass is 504 g/mol. The summed E-state index contributed by atoms with van der Waals surface area (Å²) in [4.78, 5) is 7.14. The van der Waals surface area contributed by atoms with Gasteiger partial charge in [0, 0.05) is 39.3 Å². The predicted molar refractivity (Wildman–Crippen MR) is 125 cm³/mol. The number of methoxy groups -OCH3 is 1. The van der Waals surface area contributed by atoms with Crippen molar-refractivity contribution >= 4 is 29.9 Å². The van der Waals surface area contributed by atoms with E-state index in [2.05, 4.69) is 36.0 Å². The molecule has 7 heteroatoms. The summed E-state index contributed by atoms with van der Waals surface area (Å²) in [5.41, 5.74) is 2.13. The van der Waals surface area contributed by atoms with Crippen LogP contribution in [0.15, 0.2) is 41.4 Å². The van der Waals surface area contributed by atoms with E-state index >= 15 is 0 Å². The summed E-state index contributed by atoms with van der Waals surface area (Å²) in [5.74, 6) is 0.560. The Kier molecular flexibility index (Phi) is 11.6. The van der Waals surface area contributed by atoms with E-state index in [1.165, 1.54) is 17.7 Å². The van der Waals surface area contributed by atoms with E-state index < -0.39 is 0 Å². The fourth-order valence-electron chi connectivity index (χ4n) is 3.30. The Bertz CT molecular complexity index is 615. The summed E-state index contributed by atoms with van der Waals surface area (Å²) >= 11 is 0. The number of hydrogen-bond acceptors (Lipinski definition) is 3. The SMILES string of the molecule is C=C(C)CN1CCC(NC(=NCC(OC)c2ccc(F)cc2)NCC)CC1.I. The molecule has 5 nitrogen and oxygen atoms in total. The quantitative estimate of drug-likeness (QED) is 0.245. The fraction of sp³-hybridized carbons (Fsp3) is 0.571. The van der Waals surface area contributed by atoms with Crippen LogP contribution in [0, 0.1) is 5.82 Å². The van der Waals surface area contributed by atoms with Crippen LogP contribution in [0.5, 0.6) is 0 Å². The molecule has 2 rings (SSSR count). The van der Waals surface area contributed by atoms with Gasteiger partial charge in [0.15, 0.2) is 5.96 Å². The van der Waals surface area contributed by atoms with Gasteiger partial charge in [0.05, 0.1) is 6.54 Å². The van der Waals surface area contributed by atoms with Gasteiger partial charge in [0.1, 0.15) is 11.9 Å². The zero-order valence-corrected chi connectivity index (χ0v) is 19.5. The lowest BCUT2D eigenvalue weighted by Gasteiger charge is -2.33. The van der Waals surface area contributed by atoms with Gasteiger partial charge < -0.3 is 15.4 Å². The second-order valence-corrected chi connectivity index (χ2v) is 7.15. The first-order chi connectivity index (χ1) is 13.0. The molecule has 0 saturated carbocycles. The van der Waals surface area contributed by atoms with Crippen molar-refractivity contribution in [3.05, 3.63) is 47.8 Å². The van der Waals surface area contributed by atoms with Crippen molar-refractivity contribution in [2.24, 2.45) is 4.99 Å². The average Bonchev–Trinajstić information content (AvgIpc) is 2.65. The highest BCUT2D eigenvalue weighted by atomic mass is 127. The first-order valence-corrected chi connectivity index (χ1v) is 9.71. The van der Waals surface area contributed by atoms with Gasteiger partial charge in [0.25, 0.3) is 0 Å². The number of piperidine rings is 1. The Morgan fingerprint density at radius 3 is 2.50 bits per heavy atom. The zero-order valence-electron chi connectivity index (χ0n) is 17.2. The molecule has 1 aliphatic rings. The lowest BCUT2D eigenvalue weighted by atomic mass is 10.0. The fourth-order valence-corrected chi connectivity index (χ4v) is 3.30. The van der Waals surface area contributed by atoms with E-state index in [-0.39, 0.29) is 35.9 Å². The molecule has 1 fully saturated rings. The molecule has 1 aromatic carbocycles. The second kappa shape index (κ2) is 13.1. The van der Waals surface area contributed by atoms with Crippen molar-refractivity contribution in [2.75, 3.05) is 39.8 Å². The van der Waals surface area contributed by atoms with Crippen molar-refractivity contribution in [3.63, 3.8) is 0 Å². The van der Waals surface area contributed by atoms with Gasteiger partial charge in [-0.15, -0.1) is 24.0 Å². The van der Waals surface area contributed by atoms with Crippen molar-refractivity contribution in [1.82, 2.24) is 15.5 Å². The van der Waals surface area contributed by atoms with Crippen LogP contribution < -0.4 is 10.6 Å². The van der Waals surface area contributed by atoms with Crippen molar-refractivity contribution in [3.8, 4) is 0 Å². The van der Waals surface area contributed by atoms with Gasteiger partial charge in [0.2, 0.25) is 0 Å². The number of hydrogen-bond donors (Lipinski definition) is 2. The van der Waals surface area contributed by atoms with Gasteiger partial charge in [-0.25, -0.2) is 4.39 Å². The molecule has 0 radical (unpaired) electrons. The van der Waals surface area contributed by atoms with E-state index in [4.69, 9.17) is 9.73 Å². The lowest BCUT2D eigenvalue weighted by Crippen LogP contribution is -2.49. The largest absolute Gasteiger partial charge is 0.375 e. The minimum Gasteiger partial charge on any atom is -0.375 e. The van der Waals surface area contributed by atoms with E-state index in [1.807, 2.05) is 0 Å². The topological polar surface area (TPSA) is 48.9 Å². The average molecular weight is 504 g/mol. The maximum absolute atomic E-state index is 13.1. The van der Waals surface area contributed by atoms with E-state index in [0.29, 0.717) is 12.6 Å². The highest BCUT2D eigenvalue weighted by Gasteiger charge is 2.20. The third-order valence-electron chi connectivity index (χ3n) is 4.71. The molecular formula is C21H34FIN4O. The molecule has 0 aliphatic carbocycles. The first-order valence-electron chi connectivity index (χ1n) is 9.71. The lowest BCUT2D eigenvalue weighted by molar-refractivity contribution is 0.110. The molecule has 1 aromatic rings. The zero-order chi connectivity index (χ0) is 19.6. The van der Waals surface area contributed by atoms with Crippen LogP contribution in [0.2, 0.25) is 0 Å². The number of guanidine groups is 1. The molecule has 0 spiro atoms. The Morgan fingerprint density at radius 2 is 1.96 bits per heavy atom. The number of likely N-dealkylation sites (tertiary alicyclic amines) is 1. The molecule has 158 valence electrons. The highest BCUT2D eigenvalue weighted by molar-refractivity contribution is 14.0. The molecule has 0 bridgehead atoms. The Morgan fingerprint density at radius 1 is 1.32 bits per heavy atom. The highest BCUT2D eigenvalue weighted by Crippen LogP contribution is 2.17. The first kappa shape index (κ1) is 24.8. The Labute approximate surface area is 185 Å². The summed E-state index contributed by atoms with van der Waals surface area (Å²) in [5, 5.41) is 6.85. The van der Waals surface area contributed by atoms with E-state index in [0.717, 1.165) is 50.5 Å². The summed E-state index contributed by atoms with van der Waals surface area (Å²) < 4.78 is 18.7. The van der Waals surface area contributed by atoms with Gasteiger partial charge in [-0.1, -0.05) is 24.3 Å². The van der Waals surface area contributed by atoms with Crippen LogP contribution in [0.4, 0.5) is 4.39 Å². The number of rotatable bonds is 8. The van der Waals surface area contributed by atoms with Gasteiger partial charge in [-0.2, -0.15) is 0 Å². The van der Waals surface area contributed by atoms with Crippen LogP contribution in [0.3, 0.4) is 0 Å². The standard InChI is InChI=1S/C21H33FN4O.HI/c1-5-23-21(25-19-10-12-26(13-11-19)15-16(2)3)24-14-20(27-4)17-6-8-18(22)9-7-17;/h6-9,19-20H,2,5,10-15H2,1,3-4H3,(H2,23,24,25);1H. The van der Waals surface area contributed by atoms with Crippen LogP contribution >= 0.6 is 24.0 Å². The molecule has 0 amide bonds.